The van der Waals surface area contributed by atoms with Crippen molar-refractivity contribution in [2.24, 2.45) is 0 Å². The molecule has 0 radical (unpaired) electrons. The Labute approximate surface area is 104 Å². The van der Waals surface area contributed by atoms with Crippen molar-refractivity contribution in [1.29, 1.82) is 0 Å². The summed E-state index contributed by atoms with van der Waals surface area (Å²) in [7, 11) is 0. The summed E-state index contributed by atoms with van der Waals surface area (Å²) in [6.07, 6.45) is 3.26. The van der Waals surface area contributed by atoms with Gasteiger partial charge in [0.25, 0.3) is 5.69 Å². The summed E-state index contributed by atoms with van der Waals surface area (Å²) in [5.41, 5.74) is 3.43. The first-order valence-electron chi connectivity index (χ1n) is 5.54. The number of rotatable bonds is 4. The highest BCUT2D eigenvalue weighted by Crippen LogP contribution is 2.28. The summed E-state index contributed by atoms with van der Waals surface area (Å²) in [6, 6.07) is 3.38. The lowest BCUT2D eigenvalue weighted by Gasteiger charge is -2.08. The van der Waals surface area contributed by atoms with E-state index in [4.69, 9.17) is 0 Å². The van der Waals surface area contributed by atoms with Gasteiger partial charge in [0.05, 0.1) is 23.5 Å². The molecule has 6 heteroatoms. The van der Waals surface area contributed by atoms with Crippen molar-refractivity contribution in [1.82, 2.24) is 9.97 Å². The summed E-state index contributed by atoms with van der Waals surface area (Å²) in [5.74, 6) is 0. The van der Waals surface area contributed by atoms with Crippen molar-refractivity contribution in [2.75, 3.05) is 5.32 Å². The SMILES string of the molecule is Cc1cc(NCc2cnc[nH]2)c([N+](=O)[O-])cc1C. The largest absolute Gasteiger partial charge is 0.374 e. The molecule has 0 aliphatic rings. The van der Waals surface area contributed by atoms with Gasteiger partial charge in [-0.2, -0.15) is 0 Å². The molecule has 0 spiro atoms. The molecule has 2 aromatic rings. The Bertz CT molecular complexity index is 564. The van der Waals surface area contributed by atoms with Gasteiger partial charge in [-0.05, 0) is 31.0 Å². The summed E-state index contributed by atoms with van der Waals surface area (Å²) < 4.78 is 0. The Morgan fingerprint density at radius 2 is 2.11 bits per heavy atom. The van der Waals surface area contributed by atoms with Crippen LogP contribution in [0.25, 0.3) is 0 Å². The first-order chi connectivity index (χ1) is 8.58. The summed E-state index contributed by atoms with van der Waals surface area (Å²) >= 11 is 0. The third kappa shape index (κ3) is 2.48. The van der Waals surface area contributed by atoms with E-state index in [1.165, 1.54) is 0 Å². The Morgan fingerprint density at radius 1 is 1.39 bits per heavy atom. The van der Waals surface area contributed by atoms with Crippen LogP contribution in [0, 0.1) is 24.0 Å². The number of aromatic nitrogens is 2. The summed E-state index contributed by atoms with van der Waals surface area (Å²) in [4.78, 5) is 17.5. The van der Waals surface area contributed by atoms with E-state index < -0.39 is 0 Å². The molecule has 2 rings (SSSR count). The van der Waals surface area contributed by atoms with Crippen molar-refractivity contribution < 1.29 is 4.92 Å². The number of H-pyrrole nitrogens is 1. The molecular formula is C12H14N4O2. The number of aryl methyl sites for hydroxylation is 2. The number of benzene rings is 1. The summed E-state index contributed by atoms with van der Waals surface area (Å²) in [5, 5.41) is 14.0. The van der Waals surface area contributed by atoms with Gasteiger partial charge < -0.3 is 10.3 Å². The van der Waals surface area contributed by atoms with Gasteiger partial charge >= 0.3 is 0 Å². The van der Waals surface area contributed by atoms with Crippen LogP contribution in [0.1, 0.15) is 16.8 Å². The zero-order valence-corrected chi connectivity index (χ0v) is 10.2. The first-order valence-corrected chi connectivity index (χ1v) is 5.54. The van der Waals surface area contributed by atoms with E-state index in [9.17, 15) is 10.1 Å². The standard InChI is InChI=1S/C12H14N4O2/c1-8-3-11(12(16(17)18)4-9(8)2)14-6-10-5-13-7-15-10/h3-5,7,14H,6H2,1-2H3,(H,13,15). The fraction of sp³-hybridized carbons (Fsp3) is 0.250. The maximum absolute atomic E-state index is 11.0. The van der Waals surface area contributed by atoms with Crippen LogP contribution in [0.3, 0.4) is 0 Å². The van der Waals surface area contributed by atoms with Gasteiger partial charge in [0, 0.05) is 12.3 Å². The number of anilines is 1. The molecule has 0 amide bonds. The number of nitro benzene ring substituents is 1. The van der Waals surface area contributed by atoms with E-state index in [-0.39, 0.29) is 10.6 Å². The number of hydrogen-bond acceptors (Lipinski definition) is 4. The fourth-order valence-electron chi connectivity index (χ4n) is 1.67. The van der Waals surface area contributed by atoms with Crippen molar-refractivity contribution in [3.05, 3.63) is 51.6 Å². The second kappa shape index (κ2) is 4.87. The Kier molecular flexibility index (Phi) is 3.27. The third-order valence-corrected chi connectivity index (χ3v) is 2.83. The van der Waals surface area contributed by atoms with Crippen molar-refractivity contribution in [2.45, 2.75) is 20.4 Å². The van der Waals surface area contributed by atoms with E-state index in [0.717, 1.165) is 16.8 Å². The number of nitrogens with zero attached hydrogens (tertiary/aromatic N) is 2. The van der Waals surface area contributed by atoms with Crippen LogP contribution < -0.4 is 5.32 Å². The molecule has 94 valence electrons. The number of nitro groups is 1. The predicted octanol–water partition coefficient (Wildman–Crippen LogP) is 2.55. The third-order valence-electron chi connectivity index (χ3n) is 2.83. The molecule has 0 aliphatic carbocycles. The lowest BCUT2D eigenvalue weighted by atomic mass is 10.1. The zero-order chi connectivity index (χ0) is 13.1. The minimum absolute atomic E-state index is 0.0950. The topological polar surface area (TPSA) is 83.8 Å². The molecule has 0 bridgehead atoms. The van der Waals surface area contributed by atoms with E-state index in [2.05, 4.69) is 15.3 Å². The van der Waals surface area contributed by atoms with E-state index >= 15 is 0 Å². The van der Waals surface area contributed by atoms with Gasteiger partial charge in [-0.15, -0.1) is 0 Å². The maximum atomic E-state index is 11.0. The van der Waals surface area contributed by atoms with E-state index in [1.54, 1.807) is 24.7 Å². The quantitative estimate of drug-likeness (QED) is 0.641. The normalized spacial score (nSPS) is 10.3. The summed E-state index contributed by atoms with van der Waals surface area (Å²) in [6.45, 7) is 4.27. The highest BCUT2D eigenvalue weighted by Gasteiger charge is 2.15. The van der Waals surface area contributed by atoms with Crippen LogP contribution in [0.4, 0.5) is 11.4 Å². The molecule has 1 aromatic heterocycles. The van der Waals surface area contributed by atoms with Crippen LogP contribution in [-0.4, -0.2) is 14.9 Å². The van der Waals surface area contributed by atoms with Crippen LogP contribution >= 0.6 is 0 Å². The predicted molar refractivity (Wildman–Crippen MR) is 68.5 cm³/mol. The van der Waals surface area contributed by atoms with Crippen LogP contribution in [0.5, 0.6) is 0 Å². The van der Waals surface area contributed by atoms with Crippen molar-refractivity contribution >= 4 is 11.4 Å². The van der Waals surface area contributed by atoms with Gasteiger partial charge in [-0.3, -0.25) is 10.1 Å². The number of aromatic amines is 1. The highest BCUT2D eigenvalue weighted by molar-refractivity contribution is 5.64. The van der Waals surface area contributed by atoms with Gasteiger partial charge in [0.15, 0.2) is 0 Å². The molecular weight excluding hydrogens is 232 g/mol. The maximum Gasteiger partial charge on any atom is 0.292 e. The zero-order valence-electron chi connectivity index (χ0n) is 10.2. The molecule has 0 atom stereocenters. The smallest absolute Gasteiger partial charge is 0.292 e. The Balaban J connectivity index is 2.25. The second-order valence-corrected chi connectivity index (χ2v) is 4.14. The lowest BCUT2D eigenvalue weighted by molar-refractivity contribution is -0.384. The van der Waals surface area contributed by atoms with Crippen LogP contribution in [0.2, 0.25) is 0 Å². The van der Waals surface area contributed by atoms with Gasteiger partial charge in [0.2, 0.25) is 0 Å². The van der Waals surface area contributed by atoms with E-state index in [1.807, 2.05) is 13.8 Å². The van der Waals surface area contributed by atoms with Gasteiger partial charge in [0.1, 0.15) is 5.69 Å². The molecule has 0 unspecified atom stereocenters. The van der Waals surface area contributed by atoms with Gasteiger partial charge in [-0.1, -0.05) is 0 Å². The molecule has 1 aromatic carbocycles. The highest BCUT2D eigenvalue weighted by atomic mass is 16.6. The van der Waals surface area contributed by atoms with Crippen molar-refractivity contribution in [3.8, 4) is 0 Å². The Morgan fingerprint density at radius 3 is 2.72 bits per heavy atom. The van der Waals surface area contributed by atoms with Crippen LogP contribution in [0.15, 0.2) is 24.7 Å². The first kappa shape index (κ1) is 12.1. The second-order valence-electron chi connectivity index (χ2n) is 4.14. The lowest BCUT2D eigenvalue weighted by Crippen LogP contribution is -2.04. The van der Waals surface area contributed by atoms with Gasteiger partial charge in [-0.25, -0.2) is 4.98 Å². The molecule has 18 heavy (non-hydrogen) atoms. The minimum atomic E-state index is -0.373. The minimum Gasteiger partial charge on any atom is -0.374 e. The molecule has 1 heterocycles. The molecule has 6 nitrogen and oxygen atoms in total. The molecule has 0 saturated carbocycles. The molecule has 0 fully saturated rings. The number of hydrogen-bond donors (Lipinski definition) is 2. The number of nitrogens with one attached hydrogen (secondary N) is 2. The molecule has 2 N–H and O–H groups in total. The average Bonchev–Trinajstić information content (AvgIpc) is 2.83. The van der Waals surface area contributed by atoms with E-state index in [0.29, 0.717) is 12.2 Å². The Hall–Kier alpha value is -2.37. The monoisotopic (exact) mass is 246 g/mol. The van der Waals surface area contributed by atoms with Crippen LogP contribution in [-0.2, 0) is 6.54 Å². The molecule has 0 aliphatic heterocycles. The average molecular weight is 246 g/mol. The van der Waals surface area contributed by atoms with Crippen molar-refractivity contribution in [3.63, 3.8) is 0 Å². The number of imidazole rings is 1. The molecule has 0 saturated heterocycles. The fourth-order valence-corrected chi connectivity index (χ4v) is 1.67.